The fourth-order valence-electron chi connectivity index (χ4n) is 5.15. The number of rotatable bonds is 1. The van der Waals surface area contributed by atoms with Crippen LogP contribution in [0.5, 0.6) is 0 Å². The molecular formula is C27H26N6O. The first-order chi connectivity index (χ1) is 16.2. The molecule has 1 saturated heterocycles. The number of carbonyl (C=O) groups excluding carboxylic acids is 1. The third-order valence-electron chi connectivity index (χ3n) is 6.94. The highest BCUT2D eigenvalue weighted by Crippen LogP contribution is 2.43. The second kappa shape index (κ2) is 6.76. The first kappa shape index (κ1) is 20.6. The zero-order chi connectivity index (χ0) is 23.7. The number of fused-ring (bicyclic) bond motifs is 6. The minimum absolute atomic E-state index is 0.0907. The van der Waals surface area contributed by atoms with Gasteiger partial charge in [-0.15, -0.1) is 0 Å². The molecule has 0 spiro atoms. The van der Waals surface area contributed by atoms with Gasteiger partial charge in [0, 0.05) is 28.3 Å². The molecule has 7 nitrogen and oxygen atoms in total. The molecule has 2 atom stereocenters. The van der Waals surface area contributed by atoms with Gasteiger partial charge in [0.1, 0.15) is 5.54 Å². The van der Waals surface area contributed by atoms with E-state index in [0.29, 0.717) is 0 Å². The van der Waals surface area contributed by atoms with Crippen LogP contribution in [0.4, 0.5) is 0 Å². The second-order valence-electron chi connectivity index (χ2n) is 9.99. The number of aliphatic imine (C=N–C) groups is 2. The summed E-state index contributed by atoms with van der Waals surface area (Å²) in [6.07, 6.45) is 19.6. The molecular weight excluding hydrogens is 424 g/mol. The van der Waals surface area contributed by atoms with Crippen LogP contribution in [0.15, 0.2) is 82.5 Å². The number of hydrogen-bond acceptors (Lipinski definition) is 5. The van der Waals surface area contributed by atoms with Gasteiger partial charge in [-0.05, 0) is 88.4 Å². The molecule has 34 heavy (non-hydrogen) atoms. The Morgan fingerprint density at radius 3 is 2.47 bits per heavy atom. The minimum Gasteiger partial charge on any atom is -0.372 e. The predicted molar refractivity (Wildman–Crippen MR) is 134 cm³/mol. The molecule has 2 aromatic rings. The van der Waals surface area contributed by atoms with E-state index in [1.165, 1.54) is 0 Å². The van der Waals surface area contributed by atoms with Crippen molar-refractivity contribution in [2.75, 3.05) is 0 Å². The van der Waals surface area contributed by atoms with Gasteiger partial charge >= 0.3 is 0 Å². The van der Waals surface area contributed by atoms with Gasteiger partial charge in [0.15, 0.2) is 11.4 Å². The number of carbonyl (C=O) groups is 1. The van der Waals surface area contributed by atoms with Crippen molar-refractivity contribution in [1.29, 1.82) is 0 Å². The fourth-order valence-corrected chi connectivity index (χ4v) is 5.15. The second-order valence-corrected chi connectivity index (χ2v) is 9.99. The van der Waals surface area contributed by atoms with E-state index >= 15 is 0 Å². The standard InChI is InChI=1S/C27H26N6O/c1-17-15-28-16-33(17)27-10-9-21(31-27)12-20-6-5-18(29-20)11-19-7-8-22(30-19)13-26(4)24(34)25(2,3)23(14-27)32-26/h5-16,29,32H,1-4H3. The van der Waals surface area contributed by atoms with E-state index in [-0.39, 0.29) is 5.78 Å². The molecule has 2 aromatic heterocycles. The van der Waals surface area contributed by atoms with E-state index in [1.807, 2.05) is 87.0 Å². The molecule has 1 fully saturated rings. The van der Waals surface area contributed by atoms with Gasteiger partial charge in [0.2, 0.25) is 0 Å². The summed E-state index contributed by atoms with van der Waals surface area (Å²) in [5.74, 6) is 0.0907. The SMILES string of the molecule is Cc1cncn1C12C=CC(=N1)C=c1ccc([nH]1)=CC1=NC(=CC3(C)NC(=C2)C(C)(C)C3=O)C=C1. The number of ketones is 1. The van der Waals surface area contributed by atoms with E-state index in [9.17, 15) is 4.79 Å². The topological polar surface area (TPSA) is 87.4 Å². The average Bonchev–Trinajstić information content (AvgIpc) is 3.58. The maximum atomic E-state index is 13.7. The summed E-state index contributed by atoms with van der Waals surface area (Å²) in [5, 5.41) is 5.43. The molecule has 2 unspecified atom stereocenters. The first-order valence-electron chi connectivity index (χ1n) is 11.4. The molecule has 0 saturated carbocycles. The van der Waals surface area contributed by atoms with Crippen LogP contribution >= 0.6 is 0 Å². The van der Waals surface area contributed by atoms with E-state index in [1.54, 1.807) is 6.33 Å². The van der Waals surface area contributed by atoms with Crippen molar-refractivity contribution in [2.24, 2.45) is 15.4 Å². The Bertz CT molecular complexity index is 1550. The van der Waals surface area contributed by atoms with Gasteiger partial charge in [-0.2, -0.15) is 0 Å². The number of H-pyrrole nitrogens is 1. The van der Waals surface area contributed by atoms with Crippen molar-refractivity contribution in [1.82, 2.24) is 19.9 Å². The molecule has 0 amide bonds. The monoisotopic (exact) mass is 450 g/mol. The van der Waals surface area contributed by atoms with Crippen LogP contribution in [0.3, 0.4) is 0 Å². The summed E-state index contributed by atoms with van der Waals surface area (Å²) in [6.45, 7) is 7.84. The zero-order valence-electron chi connectivity index (χ0n) is 19.6. The van der Waals surface area contributed by atoms with Crippen molar-refractivity contribution < 1.29 is 4.79 Å². The molecule has 6 rings (SSSR count). The summed E-state index contributed by atoms with van der Waals surface area (Å²) in [4.78, 5) is 31.3. The molecule has 4 aliphatic rings. The van der Waals surface area contributed by atoms with Gasteiger partial charge in [-0.3, -0.25) is 4.79 Å². The normalized spacial score (nSPS) is 28.5. The van der Waals surface area contributed by atoms with Crippen molar-refractivity contribution in [3.05, 3.63) is 88.9 Å². The summed E-state index contributed by atoms with van der Waals surface area (Å²) in [5.41, 5.74) is 1.77. The van der Waals surface area contributed by atoms with Crippen LogP contribution in [0.25, 0.3) is 12.2 Å². The Labute approximate surface area is 197 Å². The van der Waals surface area contributed by atoms with Gasteiger partial charge in [0.05, 0.1) is 28.9 Å². The van der Waals surface area contributed by atoms with Crippen LogP contribution in [0, 0.1) is 12.3 Å². The lowest BCUT2D eigenvalue weighted by Gasteiger charge is -2.27. The van der Waals surface area contributed by atoms with E-state index in [2.05, 4.69) is 27.4 Å². The molecule has 4 aliphatic heterocycles. The molecule has 7 heteroatoms. The Kier molecular flexibility index (Phi) is 4.09. The summed E-state index contributed by atoms with van der Waals surface area (Å²) in [6, 6.07) is 4.05. The highest BCUT2D eigenvalue weighted by atomic mass is 16.1. The highest BCUT2D eigenvalue weighted by molar-refractivity contribution is 6.20. The van der Waals surface area contributed by atoms with Crippen molar-refractivity contribution in [3.8, 4) is 0 Å². The number of nitrogens with zero attached hydrogens (tertiary/aromatic N) is 4. The maximum absolute atomic E-state index is 13.7. The number of aromatic amines is 1. The average molecular weight is 451 g/mol. The van der Waals surface area contributed by atoms with Crippen molar-refractivity contribution >= 4 is 29.4 Å². The minimum atomic E-state index is -0.892. The first-order valence-corrected chi connectivity index (χ1v) is 11.4. The summed E-state index contributed by atoms with van der Waals surface area (Å²) < 4.78 is 2.03. The summed E-state index contributed by atoms with van der Waals surface area (Å²) >= 11 is 0. The Morgan fingerprint density at radius 2 is 1.74 bits per heavy atom. The number of aryl methyl sites for hydroxylation is 1. The van der Waals surface area contributed by atoms with Crippen LogP contribution in [-0.4, -0.2) is 37.3 Å². The number of Topliss-reactive ketones (excluding diaryl/α,β-unsaturated/α-hetero) is 1. The molecule has 0 aromatic carbocycles. The maximum Gasteiger partial charge on any atom is 0.177 e. The van der Waals surface area contributed by atoms with Crippen LogP contribution in [0.1, 0.15) is 26.5 Å². The van der Waals surface area contributed by atoms with E-state index in [0.717, 1.165) is 39.2 Å². The third-order valence-corrected chi connectivity index (χ3v) is 6.94. The van der Waals surface area contributed by atoms with Gasteiger partial charge in [-0.1, -0.05) is 0 Å². The van der Waals surface area contributed by atoms with Crippen molar-refractivity contribution in [3.63, 3.8) is 0 Å². The number of aromatic nitrogens is 3. The van der Waals surface area contributed by atoms with Gasteiger partial charge in [-0.25, -0.2) is 15.0 Å². The smallest absolute Gasteiger partial charge is 0.177 e. The number of imidazole rings is 1. The van der Waals surface area contributed by atoms with E-state index < -0.39 is 16.6 Å². The lowest BCUT2D eigenvalue weighted by molar-refractivity contribution is -0.126. The van der Waals surface area contributed by atoms with Crippen LogP contribution in [-0.2, 0) is 10.5 Å². The quantitative estimate of drug-likeness (QED) is 0.698. The Hall–Kier alpha value is -4.00. The van der Waals surface area contributed by atoms with Crippen LogP contribution < -0.4 is 16.0 Å². The Balaban J connectivity index is 1.64. The number of nitrogens with one attached hydrogen (secondary N) is 2. The van der Waals surface area contributed by atoms with Gasteiger partial charge < -0.3 is 14.9 Å². The highest BCUT2D eigenvalue weighted by Gasteiger charge is 2.52. The lowest BCUT2D eigenvalue weighted by atomic mass is 9.80. The predicted octanol–water partition coefficient (Wildman–Crippen LogP) is 2.19. The number of hydrogen-bond donors (Lipinski definition) is 2. The largest absolute Gasteiger partial charge is 0.372 e. The van der Waals surface area contributed by atoms with Gasteiger partial charge in [0.25, 0.3) is 0 Å². The number of allylic oxidation sites excluding steroid dienone is 4. The molecule has 8 bridgehead atoms. The molecule has 170 valence electrons. The zero-order valence-corrected chi connectivity index (χ0v) is 19.6. The van der Waals surface area contributed by atoms with Crippen molar-refractivity contribution in [2.45, 2.75) is 38.9 Å². The van der Waals surface area contributed by atoms with Crippen LogP contribution in [0.2, 0.25) is 0 Å². The third kappa shape index (κ3) is 3.04. The van der Waals surface area contributed by atoms with E-state index in [4.69, 9.17) is 9.98 Å². The fraction of sp³-hybridized carbons (Fsp3) is 0.259. The lowest BCUT2D eigenvalue weighted by Crippen LogP contribution is -2.41. The molecule has 0 aliphatic carbocycles. The molecule has 2 N–H and O–H groups in total. The summed E-state index contributed by atoms with van der Waals surface area (Å²) in [7, 11) is 0. The molecule has 6 heterocycles. The molecule has 0 radical (unpaired) electrons. The Morgan fingerprint density at radius 1 is 0.971 bits per heavy atom.